The van der Waals surface area contributed by atoms with Gasteiger partial charge in [-0.1, -0.05) is 41.1 Å². The van der Waals surface area contributed by atoms with Crippen LogP contribution in [-0.2, 0) is 0 Å². The zero-order valence-corrected chi connectivity index (χ0v) is 11.0. The van der Waals surface area contributed by atoms with Crippen LogP contribution in [0.2, 0.25) is 0 Å². The van der Waals surface area contributed by atoms with E-state index in [1.165, 1.54) is 23.5 Å². The van der Waals surface area contributed by atoms with Gasteiger partial charge >= 0.3 is 0 Å². The molecule has 78 valence electrons. The van der Waals surface area contributed by atoms with Crippen LogP contribution in [0.4, 0.5) is 0 Å². The lowest BCUT2D eigenvalue weighted by molar-refractivity contribution is 0.589. The summed E-state index contributed by atoms with van der Waals surface area (Å²) in [5, 5.41) is 1.13. The second kappa shape index (κ2) is 7.36. The average Bonchev–Trinajstić information content (AvgIpc) is 2.25. The lowest BCUT2D eigenvalue weighted by Gasteiger charge is -2.09. The summed E-state index contributed by atoms with van der Waals surface area (Å²) in [7, 11) is 0. The van der Waals surface area contributed by atoms with Gasteiger partial charge in [-0.2, -0.15) is 0 Å². The molecule has 0 aliphatic carbocycles. The number of hydrogen-bond acceptors (Lipinski definition) is 1. The Kier molecular flexibility index (Phi) is 6.37. The van der Waals surface area contributed by atoms with Gasteiger partial charge in [-0.15, -0.1) is 11.8 Å². The summed E-state index contributed by atoms with van der Waals surface area (Å²) in [5.41, 5.74) is 0. The predicted octanol–water partition coefficient (Wildman–Crippen LogP) is 4.59. The van der Waals surface area contributed by atoms with E-state index in [2.05, 4.69) is 53.2 Å². The van der Waals surface area contributed by atoms with E-state index in [1.807, 2.05) is 11.8 Å². The molecule has 0 bridgehead atoms. The van der Waals surface area contributed by atoms with E-state index < -0.39 is 0 Å². The third-order valence-electron chi connectivity index (χ3n) is 2.11. The van der Waals surface area contributed by atoms with E-state index in [0.717, 1.165) is 11.2 Å². The number of benzene rings is 1. The van der Waals surface area contributed by atoms with Crippen LogP contribution < -0.4 is 0 Å². The van der Waals surface area contributed by atoms with Gasteiger partial charge in [0, 0.05) is 16.0 Å². The molecule has 1 atom stereocenters. The minimum atomic E-state index is 0.817. The van der Waals surface area contributed by atoms with Crippen LogP contribution in [0.5, 0.6) is 0 Å². The first-order chi connectivity index (χ1) is 6.83. The van der Waals surface area contributed by atoms with Crippen molar-refractivity contribution in [1.82, 2.24) is 0 Å². The van der Waals surface area contributed by atoms with E-state index in [-0.39, 0.29) is 0 Å². The van der Waals surface area contributed by atoms with Crippen LogP contribution in [0.1, 0.15) is 19.8 Å². The second-order valence-corrected chi connectivity index (χ2v) is 5.45. The summed E-state index contributed by atoms with van der Waals surface area (Å²) < 4.78 is 0. The number of alkyl halides is 1. The Balaban J connectivity index is 2.20. The highest BCUT2D eigenvalue weighted by atomic mass is 79.9. The van der Waals surface area contributed by atoms with Crippen molar-refractivity contribution in [3.05, 3.63) is 30.3 Å². The van der Waals surface area contributed by atoms with Crippen molar-refractivity contribution in [2.24, 2.45) is 5.92 Å². The van der Waals surface area contributed by atoms with Crippen molar-refractivity contribution in [2.75, 3.05) is 11.1 Å². The van der Waals surface area contributed by atoms with E-state index in [1.54, 1.807) is 0 Å². The van der Waals surface area contributed by atoms with Crippen molar-refractivity contribution in [1.29, 1.82) is 0 Å². The van der Waals surface area contributed by atoms with Crippen LogP contribution in [0.3, 0.4) is 0 Å². The van der Waals surface area contributed by atoms with E-state index in [4.69, 9.17) is 0 Å². The molecule has 0 nitrogen and oxygen atoms in total. The van der Waals surface area contributed by atoms with Gasteiger partial charge in [0.05, 0.1) is 0 Å². The zero-order valence-electron chi connectivity index (χ0n) is 8.58. The molecule has 0 saturated carbocycles. The highest BCUT2D eigenvalue weighted by Crippen LogP contribution is 2.22. The van der Waals surface area contributed by atoms with Crippen molar-refractivity contribution in [3.8, 4) is 0 Å². The second-order valence-electron chi connectivity index (χ2n) is 3.56. The molecule has 0 heterocycles. The van der Waals surface area contributed by atoms with Gasteiger partial charge in [0.1, 0.15) is 0 Å². The van der Waals surface area contributed by atoms with Gasteiger partial charge < -0.3 is 0 Å². The summed E-state index contributed by atoms with van der Waals surface area (Å²) >= 11 is 5.43. The Labute approximate surface area is 99.6 Å². The highest BCUT2D eigenvalue weighted by molar-refractivity contribution is 9.09. The van der Waals surface area contributed by atoms with Crippen molar-refractivity contribution in [2.45, 2.75) is 24.7 Å². The quantitative estimate of drug-likeness (QED) is 0.539. The SMILES string of the molecule is C[C@H](CCCBr)CSc1ccccc1. The summed E-state index contributed by atoms with van der Waals surface area (Å²) in [6.45, 7) is 2.33. The lowest BCUT2D eigenvalue weighted by atomic mass is 10.1. The van der Waals surface area contributed by atoms with E-state index in [0.29, 0.717) is 0 Å². The summed E-state index contributed by atoms with van der Waals surface area (Å²) in [6.07, 6.45) is 2.61. The van der Waals surface area contributed by atoms with E-state index >= 15 is 0 Å². The molecule has 0 unspecified atom stereocenters. The van der Waals surface area contributed by atoms with Crippen LogP contribution >= 0.6 is 27.7 Å². The van der Waals surface area contributed by atoms with Crippen molar-refractivity contribution >= 4 is 27.7 Å². The maximum absolute atomic E-state index is 3.47. The van der Waals surface area contributed by atoms with Gasteiger partial charge in [0.15, 0.2) is 0 Å². The fourth-order valence-corrected chi connectivity index (χ4v) is 2.58. The maximum atomic E-state index is 3.47. The van der Waals surface area contributed by atoms with Gasteiger partial charge in [0.25, 0.3) is 0 Å². The number of thioether (sulfide) groups is 1. The van der Waals surface area contributed by atoms with Gasteiger partial charge in [-0.25, -0.2) is 0 Å². The third kappa shape index (κ3) is 5.06. The molecule has 0 saturated heterocycles. The molecule has 0 amide bonds. The fraction of sp³-hybridized carbons (Fsp3) is 0.500. The van der Waals surface area contributed by atoms with Crippen LogP contribution in [-0.4, -0.2) is 11.1 Å². The molecule has 2 heteroatoms. The Morgan fingerprint density at radius 3 is 2.64 bits per heavy atom. The number of hydrogen-bond donors (Lipinski definition) is 0. The molecule has 0 radical (unpaired) electrons. The molecule has 0 N–H and O–H groups in total. The minimum Gasteiger partial charge on any atom is -0.126 e. The van der Waals surface area contributed by atoms with Crippen molar-refractivity contribution < 1.29 is 0 Å². The van der Waals surface area contributed by atoms with Gasteiger partial charge in [0.2, 0.25) is 0 Å². The van der Waals surface area contributed by atoms with Crippen LogP contribution in [0.25, 0.3) is 0 Å². The summed E-state index contributed by atoms with van der Waals surface area (Å²) in [5.74, 6) is 2.05. The Morgan fingerprint density at radius 1 is 1.29 bits per heavy atom. The standard InChI is InChI=1S/C12H17BrS/c1-11(6-5-9-13)10-14-12-7-3-2-4-8-12/h2-4,7-8,11H,5-6,9-10H2,1H3/t11-/m1/s1. The summed E-state index contributed by atoms with van der Waals surface area (Å²) in [6, 6.07) is 10.6. The minimum absolute atomic E-state index is 0.817. The number of halogens is 1. The first-order valence-corrected chi connectivity index (χ1v) is 7.17. The Morgan fingerprint density at radius 2 is 2.00 bits per heavy atom. The largest absolute Gasteiger partial charge is 0.126 e. The topological polar surface area (TPSA) is 0 Å². The molecule has 0 aliphatic heterocycles. The number of rotatable bonds is 6. The zero-order chi connectivity index (χ0) is 10.2. The van der Waals surface area contributed by atoms with Crippen LogP contribution in [0.15, 0.2) is 35.2 Å². The monoisotopic (exact) mass is 272 g/mol. The highest BCUT2D eigenvalue weighted by Gasteiger charge is 2.02. The summed E-state index contributed by atoms with van der Waals surface area (Å²) in [4.78, 5) is 1.39. The molecule has 1 aromatic rings. The molecule has 14 heavy (non-hydrogen) atoms. The molecular weight excluding hydrogens is 256 g/mol. The molecule has 0 fully saturated rings. The fourth-order valence-electron chi connectivity index (χ4n) is 1.26. The maximum Gasteiger partial charge on any atom is 0.00720 e. The predicted molar refractivity (Wildman–Crippen MR) is 69.4 cm³/mol. The lowest BCUT2D eigenvalue weighted by Crippen LogP contribution is -1.98. The Bertz CT molecular complexity index is 235. The first kappa shape index (κ1) is 12.1. The molecule has 1 aromatic carbocycles. The van der Waals surface area contributed by atoms with Gasteiger partial charge in [-0.3, -0.25) is 0 Å². The van der Waals surface area contributed by atoms with Crippen LogP contribution in [0, 0.1) is 5.92 Å². The first-order valence-electron chi connectivity index (χ1n) is 5.06. The third-order valence-corrected chi connectivity index (χ3v) is 4.01. The molecule has 0 aromatic heterocycles. The molecule has 1 rings (SSSR count). The normalized spacial score (nSPS) is 12.7. The smallest absolute Gasteiger partial charge is 0.00720 e. The van der Waals surface area contributed by atoms with E-state index in [9.17, 15) is 0 Å². The average molecular weight is 273 g/mol. The van der Waals surface area contributed by atoms with Crippen molar-refractivity contribution in [3.63, 3.8) is 0 Å². The van der Waals surface area contributed by atoms with Gasteiger partial charge in [-0.05, 0) is 30.9 Å². The molecule has 0 aliphatic rings. The Hall–Kier alpha value is 0.0500. The molecular formula is C12H17BrS. The molecule has 0 spiro atoms.